The fourth-order valence-electron chi connectivity index (χ4n) is 2.69. The summed E-state index contributed by atoms with van der Waals surface area (Å²) in [6.45, 7) is -0.521. The molecule has 0 aliphatic carbocycles. The van der Waals surface area contributed by atoms with Gasteiger partial charge in [0.05, 0.1) is 17.9 Å². The van der Waals surface area contributed by atoms with Gasteiger partial charge in [0, 0.05) is 18.4 Å². The molecule has 1 heterocycles. The van der Waals surface area contributed by atoms with Crippen LogP contribution in [0.25, 0.3) is 11.5 Å². The van der Waals surface area contributed by atoms with Crippen LogP contribution in [-0.4, -0.2) is 24.0 Å². The van der Waals surface area contributed by atoms with Crippen molar-refractivity contribution in [1.29, 1.82) is 0 Å². The van der Waals surface area contributed by atoms with Crippen LogP contribution in [0.15, 0.2) is 59.2 Å². The maximum atomic E-state index is 12.5. The Morgan fingerprint density at radius 3 is 2.61 bits per heavy atom. The molecule has 3 aromatic rings. The predicted octanol–water partition coefficient (Wildman–Crippen LogP) is 5.16. The molecule has 0 saturated carbocycles. The molecule has 5 nitrogen and oxygen atoms in total. The first kappa shape index (κ1) is 19.5. The van der Waals surface area contributed by atoms with Crippen molar-refractivity contribution in [2.45, 2.75) is 26.4 Å². The molecule has 2 aromatic carbocycles. The molecular formula is C21H19F2NO4. The first-order valence-electron chi connectivity index (χ1n) is 8.81. The fourth-order valence-corrected chi connectivity index (χ4v) is 2.69. The average Bonchev–Trinajstić information content (AvgIpc) is 3.16. The number of rotatable bonds is 9. The highest BCUT2D eigenvalue weighted by atomic mass is 19.3. The lowest BCUT2D eigenvalue weighted by molar-refractivity contribution is -0.0498. The Labute approximate surface area is 160 Å². The SMILES string of the molecule is CCOc1ccccc1C(=O)CCc1coc(-c2ccc(OC(F)F)cc2)n1. The Bertz CT molecular complexity index is 922. The number of oxazole rings is 1. The van der Waals surface area contributed by atoms with Crippen LogP contribution in [0.2, 0.25) is 0 Å². The number of ketones is 1. The molecule has 0 unspecified atom stereocenters. The van der Waals surface area contributed by atoms with Crippen molar-refractivity contribution >= 4 is 5.78 Å². The molecule has 0 atom stereocenters. The number of ether oxygens (including phenoxy) is 2. The number of carbonyl (C=O) groups excluding carboxylic acids is 1. The molecule has 0 aliphatic heterocycles. The monoisotopic (exact) mass is 387 g/mol. The molecule has 28 heavy (non-hydrogen) atoms. The van der Waals surface area contributed by atoms with Gasteiger partial charge in [-0.1, -0.05) is 12.1 Å². The normalized spacial score (nSPS) is 10.9. The van der Waals surface area contributed by atoms with Gasteiger partial charge in [0.2, 0.25) is 5.89 Å². The number of Topliss-reactive ketones (excluding diaryl/α,β-unsaturated/α-hetero) is 1. The van der Waals surface area contributed by atoms with E-state index in [9.17, 15) is 13.6 Å². The van der Waals surface area contributed by atoms with E-state index in [1.807, 2.05) is 13.0 Å². The topological polar surface area (TPSA) is 61.6 Å². The highest BCUT2D eigenvalue weighted by molar-refractivity contribution is 5.98. The van der Waals surface area contributed by atoms with Crippen molar-refractivity contribution in [3.8, 4) is 23.0 Å². The molecule has 0 N–H and O–H groups in total. The van der Waals surface area contributed by atoms with Crippen molar-refractivity contribution in [2.75, 3.05) is 6.61 Å². The molecule has 1 aromatic heterocycles. The third-order valence-corrected chi connectivity index (χ3v) is 3.97. The van der Waals surface area contributed by atoms with Gasteiger partial charge < -0.3 is 13.9 Å². The van der Waals surface area contributed by atoms with Crippen molar-refractivity contribution in [3.63, 3.8) is 0 Å². The summed E-state index contributed by atoms with van der Waals surface area (Å²) in [6, 6.07) is 13.1. The molecule has 0 saturated heterocycles. The summed E-state index contributed by atoms with van der Waals surface area (Å²) in [5, 5.41) is 0. The van der Waals surface area contributed by atoms with Crippen molar-refractivity contribution < 1.29 is 27.5 Å². The van der Waals surface area contributed by atoms with Gasteiger partial charge in [-0.2, -0.15) is 8.78 Å². The average molecular weight is 387 g/mol. The molecule has 7 heteroatoms. The number of nitrogens with zero attached hydrogens (tertiary/aromatic N) is 1. The van der Waals surface area contributed by atoms with E-state index in [0.717, 1.165) is 0 Å². The predicted molar refractivity (Wildman–Crippen MR) is 98.8 cm³/mol. The number of halogens is 2. The Balaban J connectivity index is 1.63. The number of aryl methyl sites for hydroxylation is 1. The van der Waals surface area contributed by atoms with Crippen molar-refractivity contribution in [1.82, 2.24) is 4.98 Å². The molecular weight excluding hydrogens is 368 g/mol. The van der Waals surface area contributed by atoms with E-state index < -0.39 is 6.61 Å². The van der Waals surface area contributed by atoms with E-state index in [4.69, 9.17) is 9.15 Å². The lowest BCUT2D eigenvalue weighted by Gasteiger charge is -2.08. The van der Waals surface area contributed by atoms with Crippen molar-refractivity contribution in [3.05, 3.63) is 66.1 Å². The van der Waals surface area contributed by atoms with Gasteiger partial charge in [0.15, 0.2) is 5.78 Å². The first-order chi connectivity index (χ1) is 13.6. The molecule has 0 aliphatic rings. The van der Waals surface area contributed by atoms with Crippen LogP contribution in [0.1, 0.15) is 29.4 Å². The Morgan fingerprint density at radius 1 is 1.14 bits per heavy atom. The summed E-state index contributed by atoms with van der Waals surface area (Å²) in [6.07, 6.45) is 2.16. The van der Waals surface area contributed by atoms with Crippen LogP contribution in [0.4, 0.5) is 8.78 Å². The third kappa shape index (κ3) is 4.94. The minimum Gasteiger partial charge on any atom is -0.493 e. The summed E-state index contributed by atoms with van der Waals surface area (Å²) in [4.78, 5) is 16.9. The summed E-state index contributed by atoms with van der Waals surface area (Å²) >= 11 is 0. The number of benzene rings is 2. The first-order valence-corrected chi connectivity index (χ1v) is 8.81. The van der Waals surface area contributed by atoms with E-state index in [2.05, 4.69) is 9.72 Å². The zero-order chi connectivity index (χ0) is 19.9. The molecule has 146 valence electrons. The van der Waals surface area contributed by atoms with E-state index >= 15 is 0 Å². The maximum absolute atomic E-state index is 12.5. The van der Waals surface area contributed by atoms with Crippen molar-refractivity contribution in [2.24, 2.45) is 0 Å². The largest absolute Gasteiger partial charge is 0.493 e. The van der Waals surface area contributed by atoms with Crippen LogP contribution < -0.4 is 9.47 Å². The second kappa shape index (κ2) is 9.12. The van der Waals surface area contributed by atoms with E-state index in [-0.39, 0.29) is 18.0 Å². The Kier molecular flexibility index (Phi) is 6.37. The van der Waals surface area contributed by atoms with Gasteiger partial charge in [-0.15, -0.1) is 0 Å². The second-order valence-corrected chi connectivity index (χ2v) is 5.90. The molecule has 0 fully saturated rings. The van der Waals surface area contributed by atoms with E-state index in [0.29, 0.717) is 41.5 Å². The van der Waals surface area contributed by atoms with Crippen LogP contribution in [0.3, 0.4) is 0 Å². The minimum atomic E-state index is -2.87. The lowest BCUT2D eigenvalue weighted by atomic mass is 10.0. The Hall–Kier alpha value is -3.22. The number of hydrogen-bond donors (Lipinski definition) is 0. The molecule has 0 amide bonds. The minimum absolute atomic E-state index is 0.0397. The highest BCUT2D eigenvalue weighted by Crippen LogP contribution is 2.24. The fraction of sp³-hybridized carbons (Fsp3) is 0.238. The highest BCUT2D eigenvalue weighted by Gasteiger charge is 2.14. The van der Waals surface area contributed by atoms with Gasteiger partial charge in [0.25, 0.3) is 0 Å². The summed E-state index contributed by atoms with van der Waals surface area (Å²) in [5.74, 6) is 0.939. The zero-order valence-electron chi connectivity index (χ0n) is 15.2. The van der Waals surface area contributed by atoms with Gasteiger partial charge in [-0.3, -0.25) is 4.79 Å². The molecule has 3 rings (SSSR count). The van der Waals surface area contributed by atoms with E-state index in [1.165, 1.54) is 18.4 Å². The van der Waals surface area contributed by atoms with Crippen LogP contribution in [0, 0.1) is 0 Å². The summed E-state index contributed by atoms with van der Waals surface area (Å²) in [5.41, 5.74) is 1.80. The number of carbonyl (C=O) groups is 1. The Morgan fingerprint density at radius 2 is 1.89 bits per heavy atom. The van der Waals surface area contributed by atoms with Gasteiger partial charge in [-0.05, 0) is 43.3 Å². The maximum Gasteiger partial charge on any atom is 0.387 e. The number of para-hydroxylation sites is 1. The molecule has 0 bridgehead atoms. The number of alkyl halides is 2. The smallest absolute Gasteiger partial charge is 0.387 e. The van der Waals surface area contributed by atoms with Gasteiger partial charge >= 0.3 is 6.61 Å². The molecule has 0 radical (unpaired) electrons. The van der Waals surface area contributed by atoms with Gasteiger partial charge in [0.1, 0.15) is 17.8 Å². The summed E-state index contributed by atoms with van der Waals surface area (Å²) in [7, 11) is 0. The van der Waals surface area contributed by atoms with Crippen LogP contribution in [-0.2, 0) is 6.42 Å². The van der Waals surface area contributed by atoms with Crippen LogP contribution in [0.5, 0.6) is 11.5 Å². The lowest BCUT2D eigenvalue weighted by Crippen LogP contribution is -2.05. The second-order valence-electron chi connectivity index (χ2n) is 5.90. The zero-order valence-corrected chi connectivity index (χ0v) is 15.2. The van der Waals surface area contributed by atoms with Gasteiger partial charge in [-0.25, -0.2) is 4.98 Å². The summed E-state index contributed by atoms with van der Waals surface area (Å²) < 4.78 is 39.6. The van der Waals surface area contributed by atoms with Crippen LogP contribution >= 0.6 is 0 Å². The third-order valence-electron chi connectivity index (χ3n) is 3.97. The number of aromatic nitrogens is 1. The van der Waals surface area contributed by atoms with E-state index in [1.54, 1.807) is 30.3 Å². The quantitative estimate of drug-likeness (QED) is 0.475. The number of hydrogen-bond acceptors (Lipinski definition) is 5. The molecule has 0 spiro atoms. The standard InChI is InChI=1S/C21H19F2NO4/c1-2-26-19-6-4-3-5-17(19)18(25)12-9-15-13-27-20(24-15)14-7-10-16(11-8-14)28-21(22)23/h3-8,10-11,13,21H,2,9,12H2,1H3.